The molecule has 0 atom stereocenters. The molecule has 8 nitrogen and oxygen atoms in total. The summed E-state index contributed by atoms with van der Waals surface area (Å²) >= 11 is 0. The highest BCUT2D eigenvalue weighted by Gasteiger charge is 2.26. The Kier molecular flexibility index (Phi) is 7.52. The number of nitrogens with one attached hydrogen (secondary N) is 2. The summed E-state index contributed by atoms with van der Waals surface area (Å²) in [6.45, 7) is 3.77. The fraction of sp³-hybridized carbons (Fsp3) is 0.769. The Bertz CT molecular complexity index is 367. The van der Waals surface area contributed by atoms with Gasteiger partial charge in [-0.15, -0.1) is 0 Å². The smallest absolute Gasteiger partial charge is 0.409 e. The van der Waals surface area contributed by atoms with E-state index in [4.69, 9.17) is 9.47 Å². The van der Waals surface area contributed by atoms with Gasteiger partial charge in [-0.2, -0.15) is 0 Å². The van der Waals surface area contributed by atoms with Gasteiger partial charge in [0.2, 0.25) is 0 Å². The molecule has 21 heavy (non-hydrogen) atoms. The first-order valence-electron chi connectivity index (χ1n) is 7.07. The molecule has 0 bridgehead atoms. The minimum Gasteiger partial charge on any atom is -0.450 e. The second-order valence-corrected chi connectivity index (χ2v) is 4.68. The first kappa shape index (κ1) is 17.2. The number of methoxy groups -OCH3 is 1. The minimum absolute atomic E-state index is 0.101. The second-order valence-electron chi connectivity index (χ2n) is 4.68. The number of likely N-dealkylation sites (tertiary alicyclic amines) is 1. The summed E-state index contributed by atoms with van der Waals surface area (Å²) in [5, 5.41) is 5.12. The summed E-state index contributed by atoms with van der Waals surface area (Å²) in [6, 6.07) is -0.101. The van der Waals surface area contributed by atoms with Crippen LogP contribution in [0.15, 0.2) is 0 Å². The molecule has 1 heterocycles. The van der Waals surface area contributed by atoms with Crippen LogP contribution in [-0.2, 0) is 19.1 Å². The number of hydrogen-bond donors (Lipinski definition) is 2. The van der Waals surface area contributed by atoms with Crippen LogP contribution < -0.4 is 10.6 Å². The number of hydrogen-bond acceptors (Lipinski definition) is 5. The van der Waals surface area contributed by atoms with Gasteiger partial charge in [0.1, 0.15) is 0 Å². The monoisotopic (exact) mass is 301 g/mol. The number of rotatable bonds is 5. The molecule has 1 saturated heterocycles. The summed E-state index contributed by atoms with van der Waals surface area (Å²) in [5.41, 5.74) is 0. The lowest BCUT2D eigenvalue weighted by molar-refractivity contribution is -0.139. The van der Waals surface area contributed by atoms with E-state index < -0.39 is 11.8 Å². The van der Waals surface area contributed by atoms with Crippen LogP contribution in [0.2, 0.25) is 0 Å². The van der Waals surface area contributed by atoms with Crippen LogP contribution in [0.25, 0.3) is 0 Å². The molecule has 8 heteroatoms. The van der Waals surface area contributed by atoms with Gasteiger partial charge in [-0.05, 0) is 19.8 Å². The highest BCUT2D eigenvalue weighted by molar-refractivity contribution is 6.35. The summed E-state index contributed by atoms with van der Waals surface area (Å²) in [6.07, 6.45) is 0.880. The molecule has 0 radical (unpaired) electrons. The van der Waals surface area contributed by atoms with Gasteiger partial charge in [-0.3, -0.25) is 9.59 Å². The zero-order valence-electron chi connectivity index (χ0n) is 12.5. The first-order valence-corrected chi connectivity index (χ1v) is 7.07. The molecule has 0 spiro atoms. The Morgan fingerprint density at radius 3 is 2.43 bits per heavy atom. The van der Waals surface area contributed by atoms with E-state index in [2.05, 4.69) is 10.6 Å². The molecule has 3 amide bonds. The van der Waals surface area contributed by atoms with E-state index in [9.17, 15) is 14.4 Å². The van der Waals surface area contributed by atoms with E-state index in [0.29, 0.717) is 45.7 Å². The maximum atomic E-state index is 11.7. The molecule has 120 valence electrons. The van der Waals surface area contributed by atoms with Crippen molar-refractivity contribution in [1.29, 1.82) is 0 Å². The third-order valence-electron chi connectivity index (χ3n) is 3.15. The van der Waals surface area contributed by atoms with E-state index in [1.54, 1.807) is 11.8 Å². The number of carbonyl (C=O) groups is 3. The van der Waals surface area contributed by atoms with Crippen molar-refractivity contribution in [3.05, 3.63) is 0 Å². The summed E-state index contributed by atoms with van der Waals surface area (Å²) in [7, 11) is 1.52. The van der Waals surface area contributed by atoms with Crippen LogP contribution in [0.3, 0.4) is 0 Å². The highest BCUT2D eigenvalue weighted by Crippen LogP contribution is 2.11. The first-order chi connectivity index (χ1) is 10.1. The van der Waals surface area contributed by atoms with Gasteiger partial charge < -0.3 is 25.0 Å². The lowest BCUT2D eigenvalue weighted by atomic mass is 10.1. The maximum Gasteiger partial charge on any atom is 0.409 e. The quantitative estimate of drug-likeness (QED) is 0.526. The molecule has 1 aliphatic heterocycles. The van der Waals surface area contributed by atoms with Crippen molar-refractivity contribution >= 4 is 17.9 Å². The molecule has 0 saturated carbocycles. The van der Waals surface area contributed by atoms with Crippen LogP contribution >= 0.6 is 0 Å². The predicted octanol–water partition coefficient (Wildman–Crippen LogP) is -0.514. The van der Waals surface area contributed by atoms with Gasteiger partial charge in [-0.1, -0.05) is 0 Å². The van der Waals surface area contributed by atoms with Crippen LogP contribution in [-0.4, -0.2) is 68.8 Å². The van der Waals surface area contributed by atoms with E-state index in [1.807, 2.05) is 0 Å². The van der Waals surface area contributed by atoms with Crippen LogP contribution in [0.4, 0.5) is 4.79 Å². The topological polar surface area (TPSA) is 97.0 Å². The van der Waals surface area contributed by atoms with Gasteiger partial charge in [0, 0.05) is 32.8 Å². The fourth-order valence-electron chi connectivity index (χ4n) is 2.02. The second kappa shape index (κ2) is 9.17. The Hall–Kier alpha value is -1.83. The summed E-state index contributed by atoms with van der Waals surface area (Å²) in [5.74, 6) is -1.32. The molecular formula is C13H23N3O5. The average molecular weight is 301 g/mol. The van der Waals surface area contributed by atoms with Crippen LogP contribution in [0.1, 0.15) is 19.8 Å². The minimum atomic E-state index is -0.667. The fourth-order valence-corrected chi connectivity index (χ4v) is 2.02. The lowest BCUT2D eigenvalue weighted by Gasteiger charge is -2.31. The molecule has 0 unspecified atom stereocenters. The largest absolute Gasteiger partial charge is 0.450 e. The predicted molar refractivity (Wildman–Crippen MR) is 74.6 cm³/mol. The molecule has 2 N–H and O–H groups in total. The Balaban J connectivity index is 2.27. The van der Waals surface area contributed by atoms with Crippen molar-refractivity contribution in [2.45, 2.75) is 25.8 Å². The average Bonchev–Trinajstić information content (AvgIpc) is 2.48. The van der Waals surface area contributed by atoms with Crippen molar-refractivity contribution in [2.24, 2.45) is 0 Å². The molecule has 0 aromatic heterocycles. The maximum absolute atomic E-state index is 11.7. The van der Waals surface area contributed by atoms with Gasteiger partial charge in [0.15, 0.2) is 0 Å². The molecule has 1 aliphatic rings. The van der Waals surface area contributed by atoms with Gasteiger partial charge in [0.05, 0.1) is 13.2 Å². The molecule has 0 aromatic rings. The highest BCUT2D eigenvalue weighted by atomic mass is 16.6. The van der Waals surface area contributed by atoms with E-state index in [0.717, 1.165) is 0 Å². The number of ether oxygens (including phenoxy) is 2. The zero-order valence-corrected chi connectivity index (χ0v) is 12.5. The van der Waals surface area contributed by atoms with Crippen molar-refractivity contribution in [3.8, 4) is 0 Å². The van der Waals surface area contributed by atoms with E-state index in [1.165, 1.54) is 7.11 Å². The molecule has 0 aliphatic carbocycles. The SMILES string of the molecule is CCOC(=O)N1CCC(NC(=O)C(=O)NCCOC)CC1. The van der Waals surface area contributed by atoms with Crippen LogP contribution in [0.5, 0.6) is 0 Å². The van der Waals surface area contributed by atoms with Gasteiger partial charge >= 0.3 is 17.9 Å². The van der Waals surface area contributed by atoms with Crippen molar-refractivity contribution < 1.29 is 23.9 Å². The number of carbonyl (C=O) groups excluding carboxylic acids is 3. The number of nitrogens with zero attached hydrogens (tertiary/aromatic N) is 1. The van der Waals surface area contributed by atoms with Gasteiger partial charge in [0.25, 0.3) is 0 Å². The number of amides is 3. The Morgan fingerprint density at radius 2 is 1.86 bits per heavy atom. The normalized spacial score (nSPS) is 15.4. The molecule has 0 aromatic carbocycles. The van der Waals surface area contributed by atoms with E-state index in [-0.39, 0.29) is 12.1 Å². The number of piperidine rings is 1. The Morgan fingerprint density at radius 1 is 1.19 bits per heavy atom. The zero-order chi connectivity index (χ0) is 15.7. The standard InChI is InChI=1S/C13H23N3O5/c1-3-21-13(19)16-7-4-10(5-8-16)15-12(18)11(17)14-6-9-20-2/h10H,3-9H2,1-2H3,(H,14,17)(H,15,18). The van der Waals surface area contributed by atoms with Gasteiger partial charge in [-0.25, -0.2) is 4.79 Å². The third-order valence-corrected chi connectivity index (χ3v) is 3.15. The Labute approximate surface area is 124 Å². The van der Waals surface area contributed by atoms with Crippen LogP contribution in [0, 0.1) is 0 Å². The summed E-state index contributed by atoms with van der Waals surface area (Å²) < 4.78 is 9.69. The molecular weight excluding hydrogens is 278 g/mol. The van der Waals surface area contributed by atoms with Crippen molar-refractivity contribution in [2.75, 3.05) is 40.0 Å². The van der Waals surface area contributed by atoms with E-state index >= 15 is 0 Å². The van der Waals surface area contributed by atoms with Crippen molar-refractivity contribution in [1.82, 2.24) is 15.5 Å². The molecule has 1 rings (SSSR count). The van der Waals surface area contributed by atoms with Crippen molar-refractivity contribution in [3.63, 3.8) is 0 Å². The third kappa shape index (κ3) is 5.99. The lowest BCUT2D eigenvalue weighted by Crippen LogP contribution is -2.50. The summed E-state index contributed by atoms with van der Waals surface area (Å²) in [4.78, 5) is 36.3. The molecule has 1 fully saturated rings.